The summed E-state index contributed by atoms with van der Waals surface area (Å²) >= 11 is 1.69. The average Bonchev–Trinajstić information content (AvgIpc) is 3.50. The molecule has 5 nitrogen and oxygen atoms in total. The van der Waals surface area contributed by atoms with Gasteiger partial charge >= 0.3 is 5.97 Å². The number of ether oxygens (including phenoxy) is 1. The summed E-state index contributed by atoms with van der Waals surface area (Å²) in [7, 11) is 0. The van der Waals surface area contributed by atoms with Crippen LogP contribution in [0.5, 0.6) is 5.75 Å². The van der Waals surface area contributed by atoms with E-state index >= 15 is 0 Å². The molecule has 0 saturated heterocycles. The van der Waals surface area contributed by atoms with Crippen molar-refractivity contribution in [2.45, 2.75) is 32.4 Å². The Bertz CT molecular complexity index is 1480. The first kappa shape index (κ1) is 27.2. The highest BCUT2D eigenvalue weighted by atomic mass is 32.1. The lowest BCUT2D eigenvalue weighted by Crippen LogP contribution is -2.25. The highest BCUT2D eigenvalue weighted by Crippen LogP contribution is 2.29. The predicted molar refractivity (Wildman–Crippen MR) is 162 cm³/mol. The van der Waals surface area contributed by atoms with Crippen LogP contribution in [0.3, 0.4) is 0 Å². The minimum absolute atomic E-state index is 0.132. The molecule has 0 radical (unpaired) electrons. The molecular weight excluding hydrogens is 516 g/mol. The molecule has 0 aliphatic carbocycles. The minimum atomic E-state index is -0.785. The second-order valence-electron chi connectivity index (χ2n) is 9.68. The largest absolute Gasteiger partial charge is 0.489 e. The van der Waals surface area contributed by atoms with Gasteiger partial charge in [-0.1, -0.05) is 97.1 Å². The number of thiazole rings is 1. The van der Waals surface area contributed by atoms with Crippen LogP contribution in [0.1, 0.15) is 28.7 Å². The number of anilines is 1. The molecule has 6 heteroatoms. The number of aromatic nitrogens is 1. The summed E-state index contributed by atoms with van der Waals surface area (Å²) in [4.78, 5) is 18.1. The van der Waals surface area contributed by atoms with E-state index in [0.29, 0.717) is 13.0 Å². The number of aliphatic carboxylic acids is 1. The lowest BCUT2D eigenvalue weighted by Gasteiger charge is -2.22. The van der Waals surface area contributed by atoms with Crippen molar-refractivity contribution >= 4 is 22.4 Å². The summed E-state index contributed by atoms with van der Waals surface area (Å²) in [6, 6.07) is 37.1. The zero-order valence-electron chi connectivity index (χ0n) is 22.3. The van der Waals surface area contributed by atoms with Crippen molar-refractivity contribution in [3.05, 3.63) is 137 Å². The van der Waals surface area contributed by atoms with Crippen molar-refractivity contribution in [1.82, 2.24) is 4.98 Å². The van der Waals surface area contributed by atoms with Gasteiger partial charge in [-0.05, 0) is 47.2 Å². The maximum absolute atomic E-state index is 10.8. The van der Waals surface area contributed by atoms with E-state index < -0.39 is 5.97 Å². The molecule has 0 fully saturated rings. The van der Waals surface area contributed by atoms with Crippen LogP contribution >= 0.6 is 11.3 Å². The van der Waals surface area contributed by atoms with Crippen LogP contribution in [0.15, 0.2) is 115 Å². The lowest BCUT2D eigenvalue weighted by atomic mass is 10.1. The zero-order valence-corrected chi connectivity index (χ0v) is 23.1. The summed E-state index contributed by atoms with van der Waals surface area (Å²) in [6.45, 7) is 2.12. The van der Waals surface area contributed by atoms with Crippen LogP contribution in [0.2, 0.25) is 0 Å². The predicted octanol–water partition coefficient (Wildman–Crippen LogP) is 7.66. The number of hydrogen-bond donors (Lipinski definition) is 1. The number of aryl methyl sites for hydroxylation is 1. The molecule has 202 valence electrons. The van der Waals surface area contributed by atoms with Gasteiger partial charge in [0.1, 0.15) is 12.4 Å². The van der Waals surface area contributed by atoms with Crippen LogP contribution < -0.4 is 9.64 Å². The summed E-state index contributed by atoms with van der Waals surface area (Å²) in [5.74, 6) is -0.0140. The van der Waals surface area contributed by atoms with Gasteiger partial charge in [0.15, 0.2) is 5.13 Å². The molecule has 1 N–H and O–H groups in total. The smallest absolute Gasteiger partial charge is 0.303 e. The lowest BCUT2D eigenvalue weighted by molar-refractivity contribution is -0.136. The van der Waals surface area contributed by atoms with Crippen molar-refractivity contribution in [3.63, 3.8) is 0 Å². The maximum atomic E-state index is 10.8. The van der Waals surface area contributed by atoms with Gasteiger partial charge in [0, 0.05) is 30.5 Å². The van der Waals surface area contributed by atoms with Gasteiger partial charge in [-0.15, -0.1) is 11.3 Å². The van der Waals surface area contributed by atoms with Gasteiger partial charge in [-0.2, -0.15) is 0 Å². The molecule has 5 rings (SSSR count). The van der Waals surface area contributed by atoms with E-state index in [9.17, 15) is 4.79 Å². The van der Waals surface area contributed by atoms with Crippen LogP contribution in [0.25, 0.3) is 11.3 Å². The molecule has 0 bridgehead atoms. The number of carboxylic acids is 1. The van der Waals surface area contributed by atoms with Gasteiger partial charge in [0.2, 0.25) is 0 Å². The third kappa shape index (κ3) is 7.80. The van der Waals surface area contributed by atoms with E-state index in [-0.39, 0.29) is 6.42 Å². The summed E-state index contributed by atoms with van der Waals surface area (Å²) in [5.41, 5.74) is 6.76. The van der Waals surface area contributed by atoms with E-state index in [2.05, 4.69) is 77.0 Å². The Hall–Kier alpha value is -4.42. The summed E-state index contributed by atoms with van der Waals surface area (Å²) in [6.07, 6.45) is 1.60. The molecule has 1 aromatic heterocycles. The van der Waals surface area contributed by atoms with E-state index in [0.717, 1.165) is 52.8 Å². The highest BCUT2D eigenvalue weighted by molar-refractivity contribution is 7.14. The number of benzene rings is 4. The Kier molecular flexibility index (Phi) is 9.22. The van der Waals surface area contributed by atoms with Crippen molar-refractivity contribution in [2.24, 2.45) is 0 Å². The quantitative estimate of drug-likeness (QED) is 0.164. The van der Waals surface area contributed by atoms with E-state index in [1.165, 1.54) is 11.1 Å². The Morgan fingerprint density at radius 3 is 2.08 bits per heavy atom. The Morgan fingerprint density at radius 1 is 0.750 bits per heavy atom. The van der Waals surface area contributed by atoms with E-state index in [1.807, 2.05) is 42.5 Å². The first-order chi connectivity index (χ1) is 19.6. The third-order valence-corrected chi connectivity index (χ3v) is 7.60. The van der Waals surface area contributed by atoms with E-state index in [1.54, 1.807) is 11.3 Å². The zero-order chi connectivity index (χ0) is 27.6. The summed E-state index contributed by atoms with van der Waals surface area (Å²) < 4.78 is 5.96. The molecule has 4 aromatic carbocycles. The van der Waals surface area contributed by atoms with Crippen molar-refractivity contribution < 1.29 is 14.6 Å². The van der Waals surface area contributed by atoms with Gasteiger partial charge in [-0.3, -0.25) is 4.79 Å². The fraction of sp³-hybridized carbons (Fsp3) is 0.176. The number of carbonyl (C=O) groups is 1. The van der Waals surface area contributed by atoms with Gasteiger partial charge in [0.05, 0.1) is 5.69 Å². The first-order valence-electron chi connectivity index (χ1n) is 13.4. The first-order valence-corrected chi connectivity index (χ1v) is 14.3. The van der Waals surface area contributed by atoms with Gasteiger partial charge in [0.25, 0.3) is 0 Å². The standard InChI is InChI=1S/C34H32N2O3S/c37-33(38)20-17-27-15-18-31(19-16-27)39-24-29-13-11-28(12-14-29)23-36(22-21-26-7-3-1-4-8-26)34-35-32(25-40-34)30-9-5-2-6-10-30/h1-16,18-19,25H,17,20-24H2,(H,37,38). The average molecular weight is 549 g/mol. The van der Waals surface area contributed by atoms with Crippen molar-refractivity contribution in [3.8, 4) is 17.0 Å². The van der Waals surface area contributed by atoms with Crippen LogP contribution in [-0.4, -0.2) is 22.6 Å². The molecule has 0 saturated carbocycles. The van der Waals surface area contributed by atoms with Gasteiger partial charge in [-0.25, -0.2) is 4.98 Å². The fourth-order valence-electron chi connectivity index (χ4n) is 4.43. The molecule has 0 aliphatic heterocycles. The molecule has 0 unspecified atom stereocenters. The SMILES string of the molecule is O=C(O)CCc1ccc(OCc2ccc(CN(CCc3ccccc3)c3nc(-c4ccccc4)cs3)cc2)cc1. The molecule has 5 aromatic rings. The number of carboxylic acid groups (broad SMARTS) is 1. The Morgan fingerprint density at radius 2 is 1.38 bits per heavy atom. The summed E-state index contributed by atoms with van der Waals surface area (Å²) in [5, 5.41) is 12.0. The van der Waals surface area contributed by atoms with Crippen molar-refractivity contribution in [2.75, 3.05) is 11.4 Å². The molecule has 1 heterocycles. The maximum Gasteiger partial charge on any atom is 0.303 e. The Labute approximate surface area is 239 Å². The molecular formula is C34H32N2O3S. The van der Waals surface area contributed by atoms with Crippen LogP contribution in [0.4, 0.5) is 5.13 Å². The topological polar surface area (TPSA) is 62.7 Å². The molecule has 0 spiro atoms. The van der Waals surface area contributed by atoms with Crippen LogP contribution in [-0.2, 0) is 30.8 Å². The Balaban J connectivity index is 1.22. The third-order valence-electron chi connectivity index (χ3n) is 6.70. The number of rotatable bonds is 13. The second-order valence-corrected chi connectivity index (χ2v) is 10.5. The van der Waals surface area contributed by atoms with Gasteiger partial charge < -0.3 is 14.7 Å². The van der Waals surface area contributed by atoms with E-state index in [4.69, 9.17) is 14.8 Å². The normalized spacial score (nSPS) is 10.8. The van der Waals surface area contributed by atoms with Crippen molar-refractivity contribution in [1.29, 1.82) is 0 Å². The number of nitrogens with zero attached hydrogens (tertiary/aromatic N) is 2. The molecule has 0 atom stereocenters. The second kappa shape index (κ2) is 13.6. The fourth-order valence-corrected chi connectivity index (χ4v) is 5.30. The number of hydrogen-bond acceptors (Lipinski definition) is 5. The highest BCUT2D eigenvalue weighted by Gasteiger charge is 2.14. The molecule has 0 amide bonds. The van der Waals surface area contributed by atoms with Crippen LogP contribution in [0, 0.1) is 0 Å². The minimum Gasteiger partial charge on any atom is -0.489 e. The molecule has 40 heavy (non-hydrogen) atoms. The molecule has 0 aliphatic rings. The monoisotopic (exact) mass is 548 g/mol.